The maximum absolute atomic E-state index is 12.6. The van der Waals surface area contributed by atoms with E-state index in [0.717, 1.165) is 30.6 Å². The normalized spacial score (nSPS) is 11.6. The minimum absolute atomic E-state index is 0.0308. The Morgan fingerprint density at radius 1 is 1.00 bits per heavy atom. The van der Waals surface area contributed by atoms with Gasteiger partial charge in [-0.15, -0.1) is 6.58 Å². The predicted molar refractivity (Wildman–Crippen MR) is 105 cm³/mol. The van der Waals surface area contributed by atoms with Crippen molar-refractivity contribution in [1.29, 1.82) is 0 Å². The van der Waals surface area contributed by atoms with Crippen LogP contribution in [0.25, 0.3) is 0 Å². The quantitative estimate of drug-likeness (QED) is 0.543. The molecule has 2 aromatic carbocycles. The molecule has 3 nitrogen and oxygen atoms in total. The standard InChI is InChI=1S/C21H27NO2S/c1-4-14-22-15-13-18-5-7-19(8-6-18)16-25(23,24)21-11-9-20(10-12-21)17(2)3/h4-12,17,22H,1,13-16H2,2-3H3. The summed E-state index contributed by atoms with van der Waals surface area (Å²) in [5, 5.41) is 3.26. The topological polar surface area (TPSA) is 46.2 Å². The van der Waals surface area contributed by atoms with Gasteiger partial charge in [0.25, 0.3) is 0 Å². The molecule has 0 radical (unpaired) electrons. The Hall–Kier alpha value is -1.91. The molecule has 2 aromatic rings. The monoisotopic (exact) mass is 357 g/mol. The van der Waals surface area contributed by atoms with Gasteiger partial charge in [0.05, 0.1) is 10.6 Å². The average molecular weight is 358 g/mol. The van der Waals surface area contributed by atoms with E-state index in [-0.39, 0.29) is 5.75 Å². The summed E-state index contributed by atoms with van der Waals surface area (Å²) in [6, 6.07) is 15.0. The van der Waals surface area contributed by atoms with Crippen molar-refractivity contribution in [3.63, 3.8) is 0 Å². The van der Waals surface area contributed by atoms with Crippen LogP contribution in [0.3, 0.4) is 0 Å². The fourth-order valence-corrected chi connectivity index (χ4v) is 3.95. The van der Waals surface area contributed by atoms with Gasteiger partial charge in [0, 0.05) is 6.54 Å². The first kappa shape index (κ1) is 19.4. The maximum atomic E-state index is 12.6. The minimum atomic E-state index is -3.32. The first-order valence-electron chi connectivity index (χ1n) is 8.64. The second-order valence-electron chi connectivity index (χ2n) is 6.54. The van der Waals surface area contributed by atoms with Crippen molar-refractivity contribution in [2.75, 3.05) is 13.1 Å². The lowest BCUT2D eigenvalue weighted by atomic mass is 10.0. The van der Waals surface area contributed by atoms with Gasteiger partial charge in [-0.1, -0.05) is 56.3 Å². The molecule has 0 heterocycles. The molecule has 0 spiro atoms. The summed E-state index contributed by atoms with van der Waals surface area (Å²) in [6.07, 6.45) is 2.75. The van der Waals surface area contributed by atoms with Crippen molar-refractivity contribution in [2.24, 2.45) is 0 Å². The van der Waals surface area contributed by atoms with Crippen LogP contribution in [0.4, 0.5) is 0 Å². The molecular weight excluding hydrogens is 330 g/mol. The molecule has 0 bridgehead atoms. The van der Waals surface area contributed by atoms with Gasteiger partial charge < -0.3 is 5.32 Å². The van der Waals surface area contributed by atoms with E-state index in [1.54, 1.807) is 12.1 Å². The Kier molecular flexibility index (Phi) is 6.97. The third-order valence-electron chi connectivity index (χ3n) is 4.16. The molecule has 0 saturated heterocycles. The number of benzene rings is 2. The Bertz CT molecular complexity index is 776. The zero-order valence-corrected chi connectivity index (χ0v) is 15.9. The van der Waals surface area contributed by atoms with E-state index in [1.165, 1.54) is 5.56 Å². The molecule has 0 aromatic heterocycles. The molecule has 0 fully saturated rings. The summed E-state index contributed by atoms with van der Waals surface area (Å²) in [4.78, 5) is 0.384. The highest BCUT2D eigenvalue weighted by molar-refractivity contribution is 7.90. The van der Waals surface area contributed by atoms with Gasteiger partial charge in [0.2, 0.25) is 0 Å². The van der Waals surface area contributed by atoms with E-state index in [4.69, 9.17) is 0 Å². The summed E-state index contributed by atoms with van der Waals surface area (Å²) in [5.41, 5.74) is 3.16. The molecule has 1 N–H and O–H groups in total. The van der Waals surface area contributed by atoms with Crippen LogP contribution < -0.4 is 5.32 Å². The van der Waals surface area contributed by atoms with Crippen LogP contribution in [0.15, 0.2) is 66.1 Å². The van der Waals surface area contributed by atoms with Crippen molar-refractivity contribution in [1.82, 2.24) is 5.32 Å². The summed E-state index contributed by atoms with van der Waals surface area (Å²) in [7, 11) is -3.32. The molecule has 25 heavy (non-hydrogen) atoms. The zero-order chi connectivity index (χ0) is 18.3. The highest BCUT2D eigenvalue weighted by Gasteiger charge is 2.15. The van der Waals surface area contributed by atoms with E-state index >= 15 is 0 Å². The number of hydrogen-bond donors (Lipinski definition) is 1. The van der Waals surface area contributed by atoms with E-state index in [1.807, 2.05) is 42.5 Å². The molecule has 4 heteroatoms. The van der Waals surface area contributed by atoms with Crippen molar-refractivity contribution < 1.29 is 8.42 Å². The average Bonchev–Trinajstić information content (AvgIpc) is 2.60. The first-order valence-corrected chi connectivity index (χ1v) is 10.3. The van der Waals surface area contributed by atoms with Gasteiger partial charge in [-0.2, -0.15) is 0 Å². The van der Waals surface area contributed by atoms with Crippen molar-refractivity contribution in [3.8, 4) is 0 Å². The molecule has 0 saturated carbocycles. The van der Waals surface area contributed by atoms with Gasteiger partial charge in [0.15, 0.2) is 9.84 Å². The van der Waals surface area contributed by atoms with E-state index in [2.05, 4.69) is 25.7 Å². The number of sulfone groups is 1. The SMILES string of the molecule is C=CCNCCc1ccc(CS(=O)(=O)c2ccc(C(C)C)cc2)cc1. The Labute approximate surface area is 151 Å². The van der Waals surface area contributed by atoms with Crippen LogP contribution in [0, 0.1) is 0 Å². The lowest BCUT2D eigenvalue weighted by Crippen LogP contribution is -2.16. The Morgan fingerprint density at radius 3 is 2.16 bits per heavy atom. The number of rotatable bonds is 9. The third-order valence-corrected chi connectivity index (χ3v) is 5.87. The summed E-state index contributed by atoms with van der Waals surface area (Å²) < 4.78 is 25.2. The maximum Gasteiger partial charge on any atom is 0.182 e. The first-order chi connectivity index (χ1) is 11.9. The number of hydrogen-bond acceptors (Lipinski definition) is 3. The van der Waals surface area contributed by atoms with Crippen LogP contribution in [-0.2, 0) is 22.0 Å². The molecular formula is C21H27NO2S. The lowest BCUT2D eigenvalue weighted by Gasteiger charge is -2.09. The molecule has 134 valence electrons. The van der Waals surface area contributed by atoms with E-state index < -0.39 is 9.84 Å². The van der Waals surface area contributed by atoms with E-state index in [0.29, 0.717) is 10.8 Å². The molecule has 0 unspecified atom stereocenters. The van der Waals surface area contributed by atoms with Gasteiger partial charge >= 0.3 is 0 Å². The predicted octanol–water partition coefficient (Wildman–Crippen LogP) is 4.10. The largest absolute Gasteiger partial charge is 0.313 e. The second-order valence-corrected chi connectivity index (χ2v) is 8.53. The molecule has 0 aliphatic rings. The van der Waals surface area contributed by atoms with Crippen LogP contribution in [0.1, 0.15) is 36.5 Å². The molecule has 0 amide bonds. The second kappa shape index (κ2) is 8.97. The third kappa shape index (κ3) is 5.83. The molecule has 0 atom stereocenters. The molecule has 0 aliphatic carbocycles. The highest BCUT2D eigenvalue weighted by Crippen LogP contribution is 2.20. The summed E-state index contributed by atoms with van der Waals surface area (Å²) >= 11 is 0. The number of nitrogens with one attached hydrogen (secondary N) is 1. The van der Waals surface area contributed by atoms with Crippen molar-refractivity contribution in [2.45, 2.75) is 36.8 Å². The van der Waals surface area contributed by atoms with Gasteiger partial charge in [0.1, 0.15) is 0 Å². The molecule has 0 aliphatic heterocycles. The van der Waals surface area contributed by atoms with Crippen LogP contribution in [-0.4, -0.2) is 21.5 Å². The van der Waals surface area contributed by atoms with Crippen molar-refractivity contribution >= 4 is 9.84 Å². The van der Waals surface area contributed by atoms with Crippen LogP contribution in [0.5, 0.6) is 0 Å². The lowest BCUT2D eigenvalue weighted by molar-refractivity contribution is 0.595. The molecule has 2 rings (SSSR count). The van der Waals surface area contributed by atoms with E-state index in [9.17, 15) is 8.42 Å². The van der Waals surface area contributed by atoms with Crippen molar-refractivity contribution in [3.05, 3.63) is 77.9 Å². The minimum Gasteiger partial charge on any atom is -0.313 e. The van der Waals surface area contributed by atoms with Gasteiger partial charge in [-0.3, -0.25) is 0 Å². The fraction of sp³-hybridized carbons (Fsp3) is 0.333. The summed E-state index contributed by atoms with van der Waals surface area (Å²) in [6.45, 7) is 9.54. The smallest absolute Gasteiger partial charge is 0.182 e. The van der Waals surface area contributed by atoms with Gasteiger partial charge in [-0.25, -0.2) is 8.42 Å². The summed E-state index contributed by atoms with van der Waals surface area (Å²) in [5.74, 6) is 0.425. The van der Waals surface area contributed by atoms with Gasteiger partial charge in [-0.05, 0) is 47.7 Å². The highest BCUT2D eigenvalue weighted by atomic mass is 32.2. The Balaban J connectivity index is 2.01. The Morgan fingerprint density at radius 2 is 1.60 bits per heavy atom. The fourth-order valence-electron chi connectivity index (χ4n) is 2.60. The van der Waals surface area contributed by atoms with Crippen LogP contribution in [0.2, 0.25) is 0 Å². The van der Waals surface area contributed by atoms with Crippen LogP contribution >= 0.6 is 0 Å². The zero-order valence-electron chi connectivity index (χ0n) is 15.0.